The van der Waals surface area contributed by atoms with Gasteiger partial charge in [-0.25, -0.2) is 4.79 Å². The van der Waals surface area contributed by atoms with Gasteiger partial charge >= 0.3 is 6.09 Å². The van der Waals surface area contributed by atoms with E-state index in [4.69, 9.17) is 4.74 Å². The van der Waals surface area contributed by atoms with E-state index in [1.54, 1.807) is 41.7 Å². The molecule has 1 aromatic carbocycles. The quantitative estimate of drug-likeness (QED) is 0.278. The Labute approximate surface area is 190 Å². The number of nitrogens with zero attached hydrogens (tertiary/aromatic N) is 1. The number of carbonyl (C=O) groups excluding carboxylic acids is 3. The van der Waals surface area contributed by atoms with Crippen LogP contribution in [0.2, 0.25) is 0 Å². The van der Waals surface area contributed by atoms with Crippen molar-refractivity contribution in [3.8, 4) is 5.75 Å². The summed E-state index contributed by atoms with van der Waals surface area (Å²) in [6.45, 7) is 8.80. The minimum atomic E-state index is -0.823. The first-order valence-corrected chi connectivity index (χ1v) is 11.1. The van der Waals surface area contributed by atoms with Gasteiger partial charge in [-0.2, -0.15) is 0 Å². The van der Waals surface area contributed by atoms with E-state index in [0.29, 0.717) is 17.5 Å². The van der Waals surface area contributed by atoms with Crippen molar-refractivity contribution in [1.82, 2.24) is 10.2 Å². The molecule has 0 aliphatic heterocycles. The molecule has 1 fully saturated rings. The summed E-state index contributed by atoms with van der Waals surface area (Å²) >= 11 is 0. The third-order valence-electron chi connectivity index (χ3n) is 5.76. The molecule has 1 aliphatic carbocycles. The average molecular weight is 447 g/mol. The molecular weight excluding hydrogens is 412 g/mol. The lowest BCUT2D eigenvalue weighted by molar-refractivity contribution is -0.209. The van der Waals surface area contributed by atoms with Gasteiger partial charge < -0.3 is 19.8 Å². The van der Waals surface area contributed by atoms with E-state index in [2.05, 4.69) is 16.3 Å². The summed E-state index contributed by atoms with van der Waals surface area (Å²) in [4.78, 5) is 42.5. The second-order valence-electron chi connectivity index (χ2n) is 9.47. The molecule has 2 radical (unpaired) electrons. The van der Waals surface area contributed by atoms with Gasteiger partial charge in [0.25, 0.3) is 0 Å². The highest BCUT2D eigenvalue weighted by Gasteiger charge is 2.31. The van der Waals surface area contributed by atoms with Crippen molar-refractivity contribution in [3.05, 3.63) is 28.3 Å². The maximum absolute atomic E-state index is 13.2. The zero-order valence-corrected chi connectivity index (χ0v) is 19.9. The highest BCUT2D eigenvalue weighted by atomic mass is 17.1. The number of ketones is 1. The van der Waals surface area contributed by atoms with Crippen LogP contribution in [0.1, 0.15) is 92.8 Å². The van der Waals surface area contributed by atoms with Gasteiger partial charge in [0.1, 0.15) is 5.60 Å². The van der Waals surface area contributed by atoms with Crippen LogP contribution in [0, 0.1) is 13.0 Å². The predicted octanol–water partition coefficient (Wildman–Crippen LogP) is 4.25. The number of benzene rings is 1. The third kappa shape index (κ3) is 6.22. The molecule has 0 bridgehead atoms. The Balaban J connectivity index is 2.61. The van der Waals surface area contributed by atoms with E-state index in [1.165, 1.54) is 4.90 Å². The predicted molar refractivity (Wildman–Crippen MR) is 118 cm³/mol. The standard InChI is InChI=1S/C24H34N2O6/c1-15-20(32-30)12-18(22(28)16(2)25-14-27)19(21(15)17-10-8-7-9-11-17)13-26(6)23(29)31-24(3,4)5/h14,16-17H,7-11,13H2,1-6H3,(H,25,27). The molecule has 0 saturated heterocycles. The Morgan fingerprint density at radius 2 is 1.88 bits per heavy atom. The van der Waals surface area contributed by atoms with Crippen LogP contribution < -0.4 is 10.2 Å². The maximum Gasteiger partial charge on any atom is 0.410 e. The number of ether oxygens (including phenoxy) is 1. The van der Waals surface area contributed by atoms with Gasteiger partial charge in [-0.3, -0.25) is 9.59 Å². The average Bonchev–Trinajstić information content (AvgIpc) is 2.73. The molecule has 1 unspecified atom stereocenters. The maximum atomic E-state index is 13.2. The molecule has 1 atom stereocenters. The third-order valence-corrected chi connectivity index (χ3v) is 5.76. The van der Waals surface area contributed by atoms with Crippen LogP contribution in [0.15, 0.2) is 0 Å². The summed E-state index contributed by atoms with van der Waals surface area (Å²) in [7, 11) is 1.60. The van der Waals surface area contributed by atoms with Crippen LogP contribution >= 0.6 is 0 Å². The molecule has 8 heteroatoms. The molecular formula is C24H34N2O6. The molecule has 0 heterocycles. The summed E-state index contributed by atoms with van der Waals surface area (Å²) in [5, 5.41) is 13.9. The number of Topliss-reactive ketones (excluding diaryl/α,β-unsaturated/α-hetero) is 1. The van der Waals surface area contributed by atoms with Gasteiger partial charge in [0.15, 0.2) is 11.5 Å². The second-order valence-corrected chi connectivity index (χ2v) is 9.47. The molecule has 2 amide bonds. The Hall–Kier alpha value is -2.61. The van der Waals surface area contributed by atoms with Crippen molar-refractivity contribution in [1.29, 1.82) is 0 Å². The lowest BCUT2D eigenvalue weighted by atomic mass is 9.77. The molecule has 1 aliphatic rings. The van der Waals surface area contributed by atoms with Crippen LogP contribution in [0.3, 0.4) is 0 Å². The molecule has 176 valence electrons. The van der Waals surface area contributed by atoms with Crippen molar-refractivity contribution < 1.29 is 29.3 Å². The van der Waals surface area contributed by atoms with Crippen molar-refractivity contribution in [3.63, 3.8) is 0 Å². The van der Waals surface area contributed by atoms with E-state index >= 15 is 0 Å². The molecule has 1 N–H and O–H groups in total. The molecule has 1 aromatic rings. The molecule has 1 saturated carbocycles. The Morgan fingerprint density at radius 1 is 1.25 bits per heavy atom. The number of nitrogens with one attached hydrogen (secondary N) is 1. The Bertz CT molecular complexity index is 840. The van der Waals surface area contributed by atoms with Crippen molar-refractivity contribution in [2.75, 3.05) is 7.05 Å². The van der Waals surface area contributed by atoms with Crippen LogP contribution in [0.5, 0.6) is 5.75 Å². The second kappa shape index (κ2) is 10.8. The van der Waals surface area contributed by atoms with Crippen LogP contribution in [0.4, 0.5) is 4.79 Å². The van der Waals surface area contributed by atoms with Gasteiger partial charge in [0.2, 0.25) is 6.41 Å². The van der Waals surface area contributed by atoms with E-state index in [1.807, 2.05) is 0 Å². The summed E-state index contributed by atoms with van der Waals surface area (Å²) in [6.07, 6.45) is 5.00. The van der Waals surface area contributed by atoms with Crippen molar-refractivity contribution in [2.24, 2.45) is 0 Å². The number of amides is 2. The van der Waals surface area contributed by atoms with Gasteiger partial charge in [0.05, 0.1) is 6.04 Å². The molecule has 0 spiro atoms. The smallest absolute Gasteiger partial charge is 0.410 e. The monoisotopic (exact) mass is 446 g/mol. The first-order valence-electron chi connectivity index (χ1n) is 11.1. The summed E-state index contributed by atoms with van der Waals surface area (Å²) in [5.74, 6) is -0.300. The van der Waals surface area contributed by atoms with Gasteiger partial charge in [-0.1, -0.05) is 19.3 Å². The number of rotatable bonds is 8. The van der Waals surface area contributed by atoms with E-state index in [9.17, 15) is 19.6 Å². The fourth-order valence-corrected chi connectivity index (χ4v) is 4.20. The summed E-state index contributed by atoms with van der Waals surface area (Å²) in [6, 6.07) is 2.00. The zero-order valence-electron chi connectivity index (χ0n) is 19.9. The molecule has 0 aromatic heterocycles. The van der Waals surface area contributed by atoms with Gasteiger partial charge in [-0.15, -0.1) is 0 Å². The lowest BCUT2D eigenvalue weighted by Crippen LogP contribution is -2.36. The topological polar surface area (TPSA) is 105 Å². The number of hydrogen-bond donors (Lipinski definition) is 1. The number of hydrogen-bond acceptors (Lipinski definition) is 5. The highest BCUT2D eigenvalue weighted by Crippen LogP contribution is 2.41. The SMILES string of the molecule is Cc1c(O[O])[c]c(C(=O)C(C)NC=O)c(CN(C)C(=O)OC(C)(C)C)c1C1CCCCC1. The van der Waals surface area contributed by atoms with Crippen molar-refractivity contribution in [2.45, 2.75) is 90.8 Å². The zero-order chi connectivity index (χ0) is 24.1. The van der Waals surface area contributed by atoms with E-state index < -0.39 is 23.5 Å². The summed E-state index contributed by atoms with van der Waals surface area (Å²) in [5.41, 5.74) is 1.59. The first-order chi connectivity index (χ1) is 15.0. The largest absolute Gasteiger partial charge is 0.444 e. The molecule has 2 rings (SSSR count). The van der Waals surface area contributed by atoms with E-state index in [-0.39, 0.29) is 23.8 Å². The fourth-order valence-electron chi connectivity index (χ4n) is 4.20. The molecule has 8 nitrogen and oxygen atoms in total. The van der Waals surface area contributed by atoms with Crippen molar-refractivity contribution >= 4 is 18.3 Å². The van der Waals surface area contributed by atoms with E-state index in [0.717, 1.165) is 37.7 Å². The highest BCUT2D eigenvalue weighted by molar-refractivity contribution is 6.02. The minimum absolute atomic E-state index is 0.0316. The fraction of sp³-hybridized carbons (Fsp3) is 0.625. The van der Waals surface area contributed by atoms with Gasteiger partial charge in [-0.05, 0) is 70.1 Å². The first kappa shape index (κ1) is 25.6. The van der Waals surface area contributed by atoms with Gasteiger partial charge in [0, 0.05) is 30.5 Å². The lowest BCUT2D eigenvalue weighted by Gasteiger charge is -2.31. The molecule has 32 heavy (non-hydrogen) atoms. The number of carbonyl (C=O) groups is 3. The van der Waals surface area contributed by atoms with Crippen LogP contribution in [-0.2, 0) is 21.3 Å². The van der Waals surface area contributed by atoms with Crippen LogP contribution in [-0.4, -0.2) is 41.9 Å². The van der Waals surface area contributed by atoms with Crippen LogP contribution in [0.25, 0.3) is 0 Å². The minimum Gasteiger partial charge on any atom is -0.444 e. The Kier molecular flexibility index (Phi) is 8.66. The summed E-state index contributed by atoms with van der Waals surface area (Å²) < 4.78 is 5.48. The normalized spacial score (nSPS) is 15.6. The Morgan fingerprint density at radius 3 is 2.41 bits per heavy atom.